The molecule has 0 radical (unpaired) electrons. The van der Waals surface area contributed by atoms with E-state index in [9.17, 15) is 4.79 Å². The number of amides is 1. The van der Waals surface area contributed by atoms with Gasteiger partial charge >= 0.3 is 0 Å². The van der Waals surface area contributed by atoms with E-state index in [-0.39, 0.29) is 5.91 Å². The molecule has 1 amide bonds. The van der Waals surface area contributed by atoms with Crippen LogP contribution < -0.4 is 11.1 Å². The van der Waals surface area contributed by atoms with Gasteiger partial charge < -0.3 is 11.1 Å². The Morgan fingerprint density at radius 3 is 2.54 bits per heavy atom. The predicted molar refractivity (Wildman–Crippen MR) is 122 cm³/mol. The molecule has 4 nitrogen and oxygen atoms in total. The smallest absolute Gasteiger partial charge is 0.267 e. The van der Waals surface area contributed by atoms with Gasteiger partial charge in [0.25, 0.3) is 5.91 Å². The normalized spacial score (nSPS) is 11.0. The van der Waals surface area contributed by atoms with Gasteiger partial charge in [-0.15, -0.1) is 11.3 Å². The summed E-state index contributed by atoms with van der Waals surface area (Å²) < 4.78 is 0.935. The number of carbonyl (C=O) groups excluding carboxylic acids is 1. The third-order valence-electron chi connectivity index (χ3n) is 4.11. The number of nitrogens with two attached hydrogens (primary N) is 1. The standard InChI is InChI=1S/C20H12BrCl2N3OS/c21-10-1-4-12(5-2-10)25-19(27)18-17(24)14-7-8-16(26-20(14)28-18)13-6-3-11(22)9-15(13)23/h1-9H,24H2,(H,25,27). The van der Waals surface area contributed by atoms with Gasteiger partial charge in [0.1, 0.15) is 9.71 Å². The van der Waals surface area contributed by atoms with Crippen molar-refractivity contribution in [3.8, 4) is 11.3 Å². The van der Waals surface area contributed by atoms with Gasteiger partial charge in [-0.3, -0.25) is 4.79 Å². The number of halogens is 3. The number of pyridine rings is 1. The molecule has 0 aliphatic rings. The number of carbonyl (C=O) groups is 1. The maximum Gasteiger partial charge on any atom is 0.267 e. The molecule has 28 heavy (non-hydrogen) atoms. The molecule has 8 heteroatoms. The predicted octanol–water partition coefficient (Wildman–Crippen LogP) is 6.87. The average molecular weight is 493 g/mol. The third-order valence-corrected chi connectivity index (χ3v) is 6.30. The number of hydrogen-bond donors (Lipinski definition) is 2. The molecule has 4 aromatic rings. The fourth-order valence-electron chi connectivity index (χ4n) is 2.73. The first kappa shape index (κ1) is 19.2. The van der Waals surface area contributed by atoms with Crippen molar-refractivity contribution in [2.24, 2.45) is 0 Å². The lowest BCUT2D eigenvalue weighted by molar-refractivity contribution is 0.103. The highest BCUT2D eigenvalue weighted by Gasteiger charge is 2.18. The third kappa shape index (κ3) is 3.73. The second-order valence-corrected chi connectivity index (χ2v) is 8.74. The number of thiophene rings is 1. The minimum Gasteiger partial charge on any atom is -0.397 e. The Labute approximate surface area is 183 Å². The van der Waals surface area contributed by atoms with Crippen molar-refractivity contribution >= 4 is 78.0 Å². The summed E-state index contributed by atoms with van der Waals surface area (Å²) in [6.45, 7) is 0. The van der Waals surface area contributed by atoms with Gasteiger partial charge in [0.15, 0.2) is 0 Å². The molecular formula is C20H12BrCl2N3OS. The van der Waals surface area contributed by atoms with E-state index in [1.165, 1.54) is 11.3 Å². The molecule has 0 unspecified atom stereocenters. The van der Waals surface area contributed by atoms with E-state index in [0.29, 0.717) is 36.8 Å². The van der Waals surface area contributed by atoms with Crippen LogP contribution in [0, 0.1) is 0 Å². The van der Waals surface area contributed by atoms with E-state index < -0.39 is 0 Å². The minimum absolute atomic E-state index is 0.270. The first-order chi connectivity index (χ1) is 13.4. The van der Waals surface area contributed by atoms with Crippen LogP contribution in [-0.4, -0.2) is 10.9 Å². The molecular weight excluding hydrogens is 481 g/mol. The maximum atomic E-state index is 12.7. The van der Waals surface area contributed by atoms with Crippen LogP contribution in [0.3, 0.4) is 0 Å². The van der Waals surface area contributed by atoms with Crippen LogP contribution in [-0.2, 0) is 0 Å². The lowest BCUT2D eigenvalue weighted by Crippen LogP contribution is -2.11. The number of anilines is 2. The fraction of sp³-hybridized carbons (Fsp3) is 0. The summed E-state index contributed by atoms with van der Waals surface area (Å²) in [5.41, 5.74) is 8.77. The van der Waals surface area contributed by atoms with Crippen LogP contribution >= 0.6 is 50.5 Å². The van der Waals surface area contributed by atoms with Crippen molar-refractivity contribution in [2.75, 3.05) is 11.1 Å². The Morgan fingerprint density at radius 2 is 1.82 bits per heavy atom. The highest BCUT2D eigenvalue weighted by molar-refractivity contribution is 9.10. The molecule has 0 spiro atoms. The SMILES string of the molecule is Nc1c(C(=O)Nc2ccc(Br)cc2)sc2nc(-c3ccc(Cl)cc3Cl)ccc12. The van der Waals surface area contributed by atoms with E-state index in [1.807, 2.05) is 42.5 Å². The highest BCUT2D eigenvalue weighted by Crippen LogP contribution is 2.36. The molecule has 0 saturated carbocycles. The Balaban J connectivity index is 1.70. The van der Waals surface area contributed by atoms with Crippen molar-refractivity contribution in [1.29, 1.82) is 0 Å². The lowest BCUT2D eigenvalue weighted by Gasteiger charge is -2.04. The average Bonchev–Trinajstić information content (AvgIpc) is 3.00. The van der Waals surface area contributed by atoms with Crippen molar-refractivity contribution in [1.82, 2.24) is 4.98 Å². The van der Waals surface area contributed by atoms with Gasteiger partial charge in [-0.1, -0.05) is 39.1 Å². The topological polar surface area (TPSA) is 68.0 Å². The molecule has 3 N–H and O–H groups in total. The summed E-state index contributed by atoms with van der Waals surface area (Å²) in [6.07, 6.45) is 0. The molecule has 0 aliphatic heterocycles. The second kappa shape index (κ2) is 7.72. The lowest BCUT2D eigenvalue weighted by atomic mass is 10.1. The Hall–Kier alpha value is -2.12. The highest BCUT2D eigenvalue weighted by atomic mass is 79.9. The monoisotopic (exact) mass is 491 g/mol. The fourth-order valence-corrected chi connectivity index (χ4v) is 4.49. The minimum atomic E-state index is -0.270. The Bertz CT molecular complexity index is 1210. The number of nitrogen functional groups attached to an aromatic ring is 1. The number of hydrogen-bond acceptors (Lipinski definition) is 4. The zero-order valence-electron chi connectivity index (χ0n) is 14.2. The van der Waals surface area contributed by atoms with Crippen molar-refractivity contribution in [3.63, 3.8) is 0 Å². The second-order valence-electron chi connectivity index (χ2n) is 5.98. The van der Waals surface area contributed by atoms with E-state index in [0.717, 1.165) is 15.4 Å². The van der Waals surface area contributed by atoms with Gasteiger partial charge in [0.05, 0.1) is 16.4 Å². The van der Waals surface area contributed by atoms with E-state index in [2.05, 4.69) is 26.2 Å². The van der Waals surface area contributed by atoms with Crippen LogP contribution in [0.4, 0.5) is 11.4 Å². The summed E-state index contributed by atoms with van der Waals surface area (Å²) in [6, 6.07) is 16.3. The Kier molecular flexibility index (Phi) is 5.29. The number of benzene rings is 2. The number of nitrogens with zero attached hydrogens (tertiary/aromatic N) is 1. The summed E-state index contributed by atoms with van der Waals surface area (Å²) in [4.78, 5) is 18.4. The maximum absolute atomic E-state index is 12.7. The number of fused-ring (bicyclic) bond motifs is 1. The molecule has 4 rings (SSSR count). The van der Waals surface area contributed by atoms with Crippen LogP contribution in [0.25, 0.3) is 21.5 Å². The molecule has 2 aromatic heterocycles. The summed E-state index contributed by atoms with van der Waals surface area (Å²) in [5.74, 6) is -0.270. The van der Waals surface area contributed by atoms with Crippen molar-refractivity contribution in [3.05, 3.63) is 74.0 Å². The van der Waals surface area contributed by atoms with Gasteiger partial charge in [0.2, 0.25) is 0 Å². The number of aromatic nitrogens is 1. The number of nitrogens with one attached hydrogen (secondary N) is 1. The van der Waals surface area contributed by atoms with E-state index in [1.54, 1.807) is 12.1 Å². The molecule has 0 aliphatic carbocycles. The van der Waals surface area contributed by atoms with Gasteiger partial charge in [0, 0.05) is 26.1 Å². The number of rotatable bonds is 3. The molecule has 140 valence electrons. The van der Waals surface area contributed by atoms with Crippen molar-refractivity contribution < 1.29 is 4.79 Å². The molecule has 0 saturated heterocycles. The summed E-state index contributed by atoms with van der Waals surface area (Å²) >= 11 is 16.9. The quantitative estimate of drug-likeness (QED) is 0.328. The van der Waals surface area contributed by atoms with Crippen LogP contribution in [0.1, 0.15) is 9.67 Å². The molecule has 2 aromatic carbocycles. The molecule has 0 atom stereocenters. The molecule has 2 heterocycles. The van der Waals surface area contributed by atoms with E-state index in [4.69, 9.17) is 28.9 Å². The molecule has 0 bridgehead atoms. The molecule has 0 fully saturated rings. The largest absolute Gasteiger partial charge is 0.397 e. The van der Waals surface area contributed by atoms with Crippen molar-refractivity contribution in [2.45, 2.75) is 0 Å². The van der Waals surface area contributed by atoms with Crippen LogP contribution in [0.15, 0.2) is 59.1 Å². The van der Waals surface area contributed by atoms with Gasteiger partial charge in [-0.05, 0) is 54.6 Å². The first-order valence-electron chi connectivity index (χ1n) is 8.14. The zero-order valence-corrected chi connectivity index (χ0v) is 18.1. The zero-order chi connectivity index (χ0) is 19.8. The summed E-state index contributed by atoms with van der Waals surface area (Å²) in [5, 5.41) is 4.66. The van der Waals surface area contributed by atoms with Gasteiger partial charge in [-0.2, -0.15) is 0 Å². The first-order valence-corrected chi connectivity index (χ1v) is 10.5. The summed E-state index contributed by atoms with van der Waals surface area (Å²) in [7, 11) is 0. The van der Waals surface area contributed by atoms with Crippen LogP contribution in [0.2, 0.25) is 10.0 Å². The van der Waals surface area contributed by atoms with E-state index >= 15 is 0 Å². The van der Waals surface area contributed by atoms with Crippen LogP contribution in [0.5, 0.6) is 0 Å². The Morgan fingerprint density at radius 1 is 1.07 bits per heavy atom. The van der Waals surface area contributed by atoms with Gasteiger partial charge in [-0.25, -0.2) is 4.98 Å².